The number of sulfonamides is 1. The fraction of sp³-hybridized carbons (Fsp3) is 0.294. The van der Waals surface area contributed by atoms with Crippen molar-refractivity contribution in [2.24, 2.45) is 0 Å². The number of nitrogens with zero attached hydrogens (tertiary/aromatic N) is 1. The Balaban J connectivity index is 2.09. The van der Waals surface area contributed by atoms with E-state index in [1.54, 1.807) is 31.4 Å². The molecule has 128 valence electrons. The van der Waals surface area contributed by atoms with E-state index in [2.05, 4.69) is 0 Å². The molecule has 24 heavy (non-hydrogen) atoms. The lowest BCUT2D eigenvalue weighted by atomic mass is 10.2. The van der Waals surface area contributed by atoms with Gasteiger partial charge in [-0.2, -0.15) is 0 Å². The predicted octanol–water partition coefficient (Wildman–Crippen LogP) is 4.61. The number of methoxy groups -OCH3 is 1. The zero-order valence-electron chi connectivity index (χ0n) is 13.2. The minimum atomic E-state index is -3.53. The summed E-state index contributed by atoms with van der Waals surface area (Å²) >= 11 is 7.17. The van der Waals surface area contributed by atoms with Crippen LogP contribution in [0, 0.1) is 0 Å². The summed E-state index contributed by atoms with van der Waals surface area (Å²) in [6.45, 7) is 0. The number of rotatable bonds is 5. The maximum Gasteiger partial charge on any atom is 0.252 e. The minimum Gasteiger partial charge on any atom is -0.497 e. The molecule has 0 aromatic heterocycles. The monoisotopic (exact) mass is 383 g/mol. The quantitative estimate of drug-likeness (QED) is 0.707. The van der Waals surface area contributed by atoms with Crippen molar-refractivity contribution in [2.75, 3.05) is 17.3 Å². The molecule has 1 aliphatic rings. The van der Waals surface area contributed by atoms with Gasteiger partial charge in [-0.15, -0.1) is 23.4 Å². The second kappa shape index (κ2) is 7.25. The molecule has 7 heteroatoms. The molecule has 1 aliphatic heterocycles. The van der Waals surface area contributed by atoms with Crippen molar-refractivity contribution in [1.82, 2.24) is 0 Å². The Bertz CT molecular complexity index is 809. The van der Waals surface area contributed by atoms with Crippen molar-refractivity contribution in [2.45, 2.75) is 22.3 Å². The normalized spacial score (nSPS) is 18.9. The molecule has 0 aliphatic carbocycles. The summed E-state index contributed by atoms with van der Waals surface area (Å²) in [5, 5.41) is 0. The van der Waals surface area contributed by atoms with Gasteiger partial charge < -0.3 is 4.74 Å². The highest BCUT2D eigenvalue weighted by Gasteiger charge is 2.39. The van der Waals surface area contributed by atoms with Crippen LogP contribution in [-0.2, 0) is 10.0 Å². The number of halogens is 1. The van der Waals surface area contributed by atoms with E-state index in [0.29, 0.717) is 35.8 Å². The van der Waals surface area contributed by atoms with Crippen LogP contribution in [0.1, 0.15) is 12.8 Å². The molecule has 4 nitrogen and oxygen atoms in total. The zero-order valence-corrected chi connectivity index (χ0v) is 15.6. The number of benzene rings is 2. The molecular formula is C17H18ClNO3S2. The maximum absolute atomic E-state index is 13.2. The second-order valence-electron chi connectivity index (χ2n) is 5.35. The first-order chi connectivity index (χ1) is 11.6. The first-order valence-electron chi connectivity index (χ1n) is 7.58. The van der Waals surface area contributed by atoms with Gasteiger partial charge in [-0.25, -0.2) is 12.7 Å². The lowest BCUT2D eigenvalue weighted by Gasteiger charge is -2.35. The number of hydrogen-bond donors (Lipinski definition) is 0. The number of para-hydroxylation sites is 1. The SMILES string of the molecule is COc1ccc(N2c3ccccc3SC(CCCCl)S2(=O)=O)cc1. The summed E-state index contributed by atoms with van der Waals surface area (Å²) in [6.07, 6.45) is 1.19. The number of anilines is 2. The first kappa shape index (κ1) is 17.5. The smallest absolute Gasteiger partial charge is 0.252 e. The van der Waals surface area contributed by atoms with E-state index in [9.17, 15) is 8.42 Å². The van der Waals surface area contributed by atoms with E-state index in [0.717, 1.165) is 4.90 Å². The molecule has 0 N–H and O–H groups in total. The van der Waals surface area contributed by atoms with Gasteiger partial charge in [-0.3, -0.25) is 0 Å². The van der Waals surface area contributed by atoms with Crippen LogP contribution < -0.4 is 9.04 Å². The molecule has 0 saturated carbocycles. The zero-order chi connectivity index (χ0) is 17.2. The van der Waals surface area contributed by atoms with E-state index < -0.39 is 14.6 Å². The Morgan fingerprint density at radius 2 is 1.88 bits per heavy atom. The van der Waals surface area contributed by atoms with Crippen LogP contribution in [0.3, 0.4) is 0 Å². The third-order valence-corrected chi connectivity index (χ3v) is 8.01. The van der Waals surface area contributed by atoms with Crippen molar-refractivity contribution >= 4 is 44.8 Å². The molecule has 0 fully saturated rings. The largest absolute Gasteiger partial charge is 0.497 e. The summed E-state index contributed by atoms with van der Waals surface area (Å²) in [6, 6.07) is 14.6. The molecule has 2 aromatic carbocycles. The van der Waals surface area contributed by atoms with Gasteiger partial charge in [-0.05, 0) is 49.2 Å². The van der Waals surface area contributed by atoms with Gasteiger partial charge in [0.05, 0.1) is 18.5 Å². The lowest BCUT2D eigenvalue weighted by Crippen LogP contribution is -2.37. The second-order valence-corrected chi connectivity index (χ2v) is 9.24. The first-order valence-corrected chi connectivity index (χ1v) is 10.5. The van der Waals surface area contributed by atoms with Gasteiger partial charge in [0, 0.05) is 10.8 Å². The van der Waals surface area contributed by atoms with Crippen molar-refractivity contribution in [3.63, 3.8) is 0 Å². The maximum atomic E-state index is 13.2. The summed E-state index contributed by atoms with van der Waals surface area (Å²) in [5.41, 5.74) is 1.30. The van der Waals surface area contributed by atoms with Gasteiger partial charge in [0.25, 0.3) is 10.0 Å². The van der Waals surface area contributed by atoms with Gasteiger partial charge in [0.1, 0.15) is 10.3 Å². The Morgan fingerprint density at radius 1 is 1.17 bits per heavy atom. The number of ether oxygens (including phenoxy) is 1. The van der Waals surface area contributed by atoms with E-state index in [-0.39, 0.29) is 0 Å². The van der Waals surface area contributed by atoms with Crippen LogP contribution in [0.4, 0.5) is 11.4 Å². The molecule has 1 heterocycles. The summed E-state index contributed by atoms with van der Waals surface area (Å²) in [7, 11) is -1.94. The average molecular weight is 384 g/mol. The minimum absolute atomic E-state index is 0.455. The van der Waals surface area contributed by atoms with Crippen molar-refractivity contribution in [1.29, 1.82) is 0 Å². The van der Waals surface area contributed by atoms with Crippen LogP contribution >= 0.6 is 23.4 Å². The lowest BCUT2D eigenvalue weighted by molar-refractivity contribution is 0.415. The third-order valence-electron chi connectivity index (χ3n) is 3.81. The third kappa shape index (κ3) is 3.23. The summed E-state index contributed by atoms with van der Waals surface area (Å²) in [4.78, 5) is 0.961. The fourth-order valence-corrected chi connectivity index (χ4v) is 6.46. The highest BCUT2D eigenvalue weighted by molar-refractivity contribution is 8.14. The highest BCUT2D eigenvalue weighted by Crippen LogP contribution is 2.47. The molecule has 2 aromatic rings. The van der Waals surface area contributed by atoms with E-state index in [4.69, 9.17) is 16.3 Å². The van der Waals surface area contributed by atoms with Crippen molar-refractivity contribution in [3.05, 3.63) is 48.5 Å². The molecular weight excluding hydrogens is 366 g/mol. The predicted molar refractivity (Wildman–Crippen MR) is 100 cm³/mol. The van der Waals surface area contributed by atoms with Crippen molar-refractivity contribution < 1.29 is 13.2 Å². The highest BCUT2D eigenvalue weighted by atomic mass is 35.5. The number of thioether (sulfide) groups is 1. The molecule has 0 saturated heterocycles. The van der Waals surface area contributed by atoms with Crippen LogP contribution in [0.5, 0.6) is 5.75 Å². The Morgan fingerprint density at radius 3 is 2.54 bits per heavy atom. The van der Waals surface area contributed by atoms with Crippen LogP contribution in [0.25, 0.3) is 0 Å². The Hall–Kier alpha value is -1.37. The number of fused-ring (bicyclic) bond motifs is 1. The van der Waals surface area contributed by atoms with E-state index in [1.165, 1.54) is 16.1 Å². The van der Waals surface area contributed by atoms with E-state index >= 15 is 0 Å². The standard InChI is InChI=1S/C17H18ClNO3S2/c1-22-14-10-8-13(9-11-14)19-15-5-2-3-6-16(15)23-17(7-4-12-18)24(19,20)21/h2-3,5-6,8-11,17H,4,7,12H2,1H3. The van der Waals surface area contributed by atoms with Crippen LogP contribution in [-0.4, -0.2) is 26.0 Å². The molecule has 1 unspecified atom stereocenters. The Kier molecular flexibility index (Phi) is 5.27. The number of hydrogen-bond acceptors (Lipinski definition) is 4. The van der Waals surface area contributed by atoms with Gasteiger partial charge >= 0.3 is 0 Å². The summed E-state index contributed by atoms with van der Waals surface area (Å²) < 4.78 is 32.4. The molecule has 0 amide bonds. The summed E-state index contributed by atoms with van der Waals surface area (Å²) in [5.74, 6) is 1.14. The molecule has 1 atom stereocenters. The average Bonchev–Trinajstić information content (AvgIpc) is 2.60. The van der Waals surface area contributed by atoms with Gasteiger partial charge in [0.2, 0.25) is 0 Å². The van der Waals surface area contributed by atoms with Crippen LogP contribution in [0.15, 0.2) is 53.4 Å². The molecule has 3 rings (SSSR count). The molecule has 0 bridgehead atoms. The van der Waals surface area contributed by atoms with Gasteiger partial charge in [-0.1, -0.05) is 12.1 Å². The topological polar surface area (TPSA) is 46.6 Å². The van der Waals surface area contributed by atoms with E-state index in [1.807, 2.05) is 24.3 Å². The Labute approximate surface area is 151 Å². The van der Waals surface area contributed by atoms with Crippen LogP contribution in [0.2, 0.25) is 0 Å². The van der Waals surface area contributed by atoms with Gasteiger partial charge in [0.15, 0.2) is 0 Å². The number of alkyl halides is 1. The molecule has 0 radical (unpaired) electrons. The molecule has 0 spiro atoms. The fourth-order valence-electron chi connectivity index (χ4n) is 2.64. The van der Waals surface area contributed by atoms with Crippen molar-refractivity contribution in [3.8, 4) is 5.75 Å².